The van der Waals surface area contributed by atoms with Gasteiger partial charge in [-0.25, -0.2) is 0 Å². The molecule has 0 saturated carbocycles. The van der Waals surface area contributed by atoms with Gasteiger partial charge in [-0.05, 0) is 55.4 Å². The second kappa shape index (κ2) is 6.78. The van der Waals surface area contributed by atoms with Gasteiger partial charge in [0.15, 0.2) is 5.82 Å². The Hall–Kier alpha value is -1.79. The molecule has 1 N–H and O–H groups in total. The van der Waals surface area contributed by atoms with Gasteiger partial charge in [0, 0.05) is 12.6 Å². The maximum absolute atomic E-state index is 4.11. The molecule has 1 unspecified atom stereocenters. The third kappa shape index (κ3) is 3.46. The van der Waals surface area contributed by atoms with E-state index in [-0.39, 0.29) is 0 Å². The molecule has 0 amide bonds. The summed E-state index contributed by atoms with van der Waals surface area (Å²) in [6, 6.07) is 10.5. The minimum absolute atomic E-state index is 0.563. The first kappa shape index (κ1) is 14.2. The van der Waals surface area contributed by atoms with Crippen molar-refractivity contribution in [3.63, 3.8) is 0 Å². The average molecular weight is 286 g/mol. The van der Waals surface area contributed by atoms with E-state index in [4.69, 9.17) is 0 Å². The Morgan fingerprint density at radius 3 is 2.71 bits per heavy atom. The average Bonchev–Trinajstić information content (AvgIpc) is 3.20. The number of hydrogen-bond donors (Lipinski definition) is 1. The van der Waals surface area contributed by atoms with Crippen LogP contribution in [0.2, 0.25) is 0 Å². The third-order valence-electron chi connectivity index (χ3n) is 4.02. The zero-order valence-corrected chi connectivity index (χ0v) is 12.4. The third-order valence-corrected chi connectivity index (χ3v) is 4.02. The van der Waals surface area contributed by atoms with E-state index in [2.05, 4.69) is 32.7 Å². The molecule has 6 heteroatoms. The summed E-state index contributed by atoms with van der Waals surface area (Å²) in [5, 5.41) is 15.4. The smallest absolute Gasteiger partial charge is 0.170 e. The van der Waals surface area contributed by atoms with Gasteiger partial charge < -0.3 is 5.32 Å². The highest BCUT2D eigenvalue weighted by molar-refractivity contribution is 5.30. The van der Waals surface area contributed by atoms with Crippen molar-refractivity contribution in [1.82, 2.24) is 30.4 Å². The quantitative estimate of drug-likeness (QED) is 0.865. The SMILES string of the molecule is CC(CNCc1nnnn1-c1ccccc1)N1CCCC1. The highest BCUT2D eigenvalue weighted by Crippen LogP contribution is 2.11. The fraction of sp³-hybridized carbons (Fsp3) is 0.533. The van der Waals surface area contributed by atoms with E-state index in [1.165, 1.54) is 25.9 Å². The lowest BCUT2D eigenvalue weighted by atomic mass is 10.3. The lowest BCUT2D eigenvalue weighted by Gasteiger charge is -2.23. The van der Waals surface area contributed by atoms with Crippen molar-refractivity contribution < 1.29 is 0 Å². The van der Waals surface area contributed by atoms with E-state index in [1.807, 2.05) is 30.3 Å². The molecule has 1 saturated heterocycles. The highest BCUT2D eigenvalue weighted by Gasteiger charge is 2.17. The van der Waals surface area contributed by atoms with E-state index in [9.17, 15) is 0 Å². The maximum Gasteiger partial charge on any atom is 0.170 e. The molecule has 1 atom stereocenters. The van der Waals surface area contributed by atoms with Gasteiger partial charge in [-0.2, -0.15) is 4.68 Å². The Morgan fingerprint density at radius 2 is 1.95 bits per heavy atom. The number of para-hydroxylation sites is 1. The number of hydrogen-bond acceptors (Lipinski definition) is 5. The van der Waals surface area contributed by atoms with Crippen LogP contribution in [0.5, 0.6) is 0 Å². The molecule has 2 aromatic rings. The summed E-state index contributed by atoms with van der Waals surface area (Å²) in [4.78, 5) is 2.53. The second-order valence-electron chi connectivity index (χ2n) is 5.57. The lowest BCUT2D eigenvalue weighted by Crippen LogP contribution is -2.38. The molecule has 112 valence electrons. The van der Waals surface area contributed by atoms with Gasteiger partial charge in [0.1, 0.15) is 0 Å². The van der Waals surface area contributed by atoms with Gasteiger partial charge in [-0.3, -0.25) is 4.90 Å². The van der Waals surface area contributed by atoms with Crippen LogP contribution in [0.1, 0.15) is 25.6 Å². The molecule has 0 bridgehead atoms. The van der Waals surface area contributed by atoms with Crippen molar-refractivity contribution in [2.24, 2.45) is 0 Å². The highest BCUT2D eigenvalue weighted by atomic mass is 15.5. The number of likely N-dealkylation sites (tertiary alicyclic amines) is 1. The number of aromatic nitrogens is 4. The van der Waals surface area contributed by atoms with Crippen LogP contribution in [0.4, 0.5) is 0 Å². The Balaban J connectivity index is 1.55. The number of nitrogens with one attached hydrogen (secondary N) is 1. The molecule has 0 radical (unpaired) electrons. The lowest BCUT2D eigenvalue weighted by molar-refractivity contribution is 0.251. The molecular formula is C15H22N6. The predicted molar refractivity (Wildman–Crippen MR) is 81.1 cm³/mol. The molecule has 1 aliphatic heterocycles. The molecule has 21 heavy (non-hydrogen) atoms. The molecule has 1 aromatic carbocycles. The first-order chi connectivity index (χ1) is 10.3. The summed E-state index contributed by atoms with van der Waals surface area (Å²) in [5.41, 5.74) is 0.992. The van der Waals surface area contributed by atoms with Crippen LogP contribution < -0.4 is 5.32 Å². The zero-order valence-electron chi connectivity index (χ0n) is 12.4. The van der Waals surface area contributed by atoms with Gasteiger partial charge in [0.2, 0.25) is 0 Å². The zero-order chi connectivity index (χ0) is 14.5. The van der Waals surface area contributed by atoms with Crippen molar-refractivity contribution in [2.75, 3.05) is 19.6 Å². The van der Waals surface area contributed by atoms with Crippen molar-refractivity contribution in [3.05, 3.63) is 36.2 Å². The molecular weight excluding hydrogens is 264 g/mol. The number of benzene rings is 1. The monoisotopic (exact) mass is 286 g/mol. The van der Waals surface area contributed by atoms with E-state index in [1.54, 1.807) is 4.68 Å². The van der Waals surface area contributed by atoms with Gasteiger partial charge in [0.05, 0.1) is 12.2 Å². The van der Waals surface area contributed by atoms with E-state index in [0.717, 1.165) is 18.1 Å². The first-order valence-corrected chi connectivity index (χ1v) is 7.62. The number of nitrogens with zero attached hydrogens (tertiary/aromatic N) is 5. The van der Waals surface area contributed by atoms with E-state index < -0.39 is 0 Å². The normalized spacial score (nSPS) is 17.2. The summed E-state index contributed by atoms with van der Waals surface area (Å²) in [6.45, 7) is 6.37. The standard InChI is InChI=1S/C15H22N6/c1-13(20-9-5-6-10-20)11-16-12-15-17-18-19-21(15)14-7-3-2-4-8-14/h2-4,7-8,13,16H,5-6,9-12H2,1H3. The molecule has 2 heterocycles. The second-order valence-corrected chi connectivity index (χ2v) is 5.57. The van der Waals surface area contributed by atoms with Crippen LogP contribution in [0.15, 0.2) is 30.3 Å². The predicted octanol–water partition coefficient (Wildman–Crippen LogP) is 1.24. The topological polar surface area (TPSA) is 58.9 Å². The Kier molecular flexibility index (Phi) is 4.57. The minimum Gasteiger partial charge on any atom is -0.308 e. The van der Waals surface area contributed by atoms with Crippen molar-refractivity contribution >= 4 is 0 Å². The van der Waals surface area contributed by atoms with Gasteiger partial charge in [-0.15, -0.1) is 5.10 Å². The Bertz CT molecular complexity index is 546. The van der Waals surface area contributed by atoms with Crippen LogP contribution in [0.3, 0.4) is 0 Å². The van der Waals surface area contributed by atoms with Crippen molar-refractivity contribution in [2.45, 2.75) is 32.4 Å². The van der Waals surface area contributed by atoms with Crippen LogP contribution in [-0.2, 0) is 6.54 Å². The molecule has 0 aliphatic carbocycles. The number of rotatable bonds is 6. The molecule has 1 aliphatic rings. The van der Waals surface area contributed by atoms with Crippen molar-refractivity contribution in [3.8, 4) is 5.69 Å². The van der Waals surface area contributed by atoms with Crippen LogP contribution >= 0.6 is 0 Å². The molecule has 0 spiro atoms. The fourth-order valence-electron chi connectivity index (χ4n) is 2.79. The molecule has 3 rings (SSSR count). The van der Waals surface area contributed by atoms with Gasteiger partial charge >= 0.3 is 0 Å². The number of tetrazole rings is 1. The molecule has 1 fully saturated rings. The molecule has 1 aromatic heterocycles. The van der Waals surface area contributed by atoms with Crippen LogP contribution in [0, 0.1) is 0 Å². The Labute approximate surface area is 125 Å². The van der Waals surface area contributed by atoms with Gasteiger partial charge in [0.25, 0.3) is 0 Å². The summed E-state index contributed by atoms with van der Waals surface area (Å²) >= 11 is 0. The molecule has 6 nitrogen and oxygen atoms in total. The van der Waals surface area contributed by atoms with Crippen molar-refractivity contribution in [1.29, 1.82) is 0 Å². The summed E-state index contributed by atoms with van der Waals surface area (Å²) in [7, 11) is 0. The summed E-state index contributed by atoms with van der Waals surface area (Å²) in [6.07, 6.45) is 2.66. The maximum atomic E-state index is 4.11. The van der Waals surface area contributed by atoms with Crippen LogP contribution in [0.25, 0.3) is 5.69 Å². The van der Waals surface area contributed by atoms with E-state index in [0.29, 0.717) is 12.6 Å². The van der Waals surface area contributed by atoms with Gasteiger partial charge in [-0.1, -0.05) is 18.2 Å². The Morgan fingerprint density at radius 1 is 1.19 bits per heavy atom. The summed E-state index contributed by atoms with van der Waals surface area (Å²) < 4.78 is 1.79. The van der Waals surface area contributed by atoms with E-state index >= 15 is 0 Å². The van der Waals surface area contributed by atoms with Crippen LogP contribution in [-0.4, -0.2) is 50.8 Å². The minimum atomic E-state index is 0.563. The fourth-order valence-corrected chi connectivity index (χ4v) is 2.79. The summed E-state index contributed by atoms with van der Waals surface area (Å²) in [5.74, 6) is 0.842. The first-order valence-electron chi connectivity index (χ1n) is 7.62. The largest absolute Gasteiger partial charge is 0.308 e.